The van der Waals surface area contributed by atoms with Crippen LogP contribution in [0.15, 0.2) is 83.9 Å². The molecule has 2 atom stereocenters. The second-order valence-electron chi connectivity index (χ2n) is 12.4. The molecule has 0 amide bonds. The number of nitrogens with zero attached hydrogens (tertiary/aromatic N) is 3. The SMILES string of the molecule is Cc1ccc2c(c1)[C@@H]1N=C(c3cccc(-c4cccc5c4nc(-c4cccc(C)c4O)n5C(C)C)c3)SC1C2(C)C. The summed E-state index contributed by atoms with van der Waals surface area (Å²) < 4.78 is 2.23. The highest BCUT2D eigenvalue weighted by molar-refractivity contribution is 8.15. The normalized spacial score (nSPS) is 19.0. The lowest BCUT2D eigenvalue weighted by atomic mass is 9.86. The molecule has 0 radical (unpaired) electrons. The lowest BCUT2D eigenvalue weighted by Gasteiger charge is -2.26. The second kappa shape index (κ2) is 9.35. The zero-order valence-electron chi connectivity index (χ0n) is 24.4. The van der Waals surface area contributed by atoms with Crippen molar-refractivity contribution >= 4 is 27.8 Å². The summed E-state index contributed by atoms with van der Waals surface area (Å²) >= 11 is 1.92. The number of aliphatic imine (C=N–C) groups is 1. The lowest BCUT2D eigenvalue weighted by Crippen LogP contribution is -2.26. The standard InChI is InChI=1S/C36H35N3OS/c1-20(2)39-29-15-9-13-25(30(29)37-34(39)26-14-7-10-22(4)32(26)40)23-11-8-12-24(19-23)35-38-31-27-18-21(3)16-17-28(27)36(5,6)33(31)41-35/h7-20,31,33,40H,1-6H3/t31-,33?/m0/s1. The van der Waals surface area contributed by atoms with E-state index in [1.165, 1.54) is 16.7 Å². The molecule has 0 fully saturated rings. The van der Waals surface area contributed by atoms with E-state index in [0.717, 1.165) is 49.7 Å². The maximum Gasteiger partial charge on any atom is 0.145 e. The number of benzene rings is 4. The van der Waals surface area contributed by atoms with Crippen LogP contribution in [0.5, 0.6) is 5.75 Å². The molecule has 7 rings (SSSR count). The molecule has 0 saturated heterocycles. The van der Waals surface area contributed by atoms with E-state index in [-0.39, 0.29) is 23.2 Å². The van der Waals surface area contributed by atoms with Crippen LogP contribution in [0.2, 0.25) is 0 Å². The Balaban J connectivity index is 1.33. The van der Waals surface area contributed by atoms with E-state index in [9.17, 15) is 5.11 Å². The fourth-order valence-electron chi connectivity index (χ4n) is 6.72. The van der Waals surface area contributed by atoms with Gasteiger partial charge in [0.1, 0.15) is 11.6 Å². The van der Waals surface area contributed by atoms with Gasteiger partial charge in [-0.1, -0.05) is 91.8 Å². The smallest absolute Gasteiger partial charge is 0.145 e. The Morgan fingerprint density at radius 2 is 1.61 bits per heavy atom. The number of hydrogen-bond acceptors (Lipinski definition) is 4. The molecule has 1 aliphatic carbocycles. The van der Waals surface area contributed by atoms with Crippen molar-refractivity contribution in [2.75, 3.05) is 0 Å². The van der Waals surface area contributed by atoms with Crippen molar-refractivity contribution in [3.8, 4) is 28.3 Å². The van der Waals surface area contributed by atoms with Crippen LogP contribution >= 0.6 is 11.8 Å². The van der Waals surface area contributed by atoms with Gasteiger partial charge in [0, 0.05) is 27.8 Å². The Morgan fingerprint density at radius 3 is 2.41 bits per heavy atom. The number of phenolic OH excluding ortho intramolecular Hbond substituents is 1. The van der Waals surface area contributed by atoms with E-state index in [1.807, 2.05) is 36.9 Å². The average molecular weight is 558 g/mol. The fraction of sp³-hybridized carbons (Fsp3) is 0.278. The molecule has 1 aliphatic heterocycles. The summed E-state index contributed by atoms with van der Waals surface area (Å²) in [6.07, 6.45) is 0. The molecule has 4 nitrogen and oxygen atoms in total. The Labute approximate surface area is 246 Å². The highest BCUT2D eigenvalue weighted by atomic mass is 32.2. The molecule has 1 unspecified atom stereocenters. The van der Waals surface area contributed by atoms with Gasteiger partial charge in [-0.25, -0.2) is 4.98 Å². The molecule has 41 heavy (non-hydrogen) atoms. The molecule has 1 N–H and O–H groups in total. The number of aryl methyl sites for hydroxylation is 2. The van der Waals surface area contributed by atoms with Crippen LogP contribution in [-0.4, -0.2) is 25.0 Å². The summed E-state index contributed by atoms with van der Waals surface area (Å²) in [5.41, 5.74) is 11.2. The van der Waals surface area contributed by atoms with Crippen LogP contribution < -0.4 is 0 Å². The number of rotatable bonds is 4. The van der Waals surface area contributed by atoms with Crippen molar-refractivity contribution in [3.05, 3.63) is 107 Å². The molecule has 206 valence electrons. The van der Waals surface area contributed by atoms with Crippen molar-refractivity contribution in [3.63, 3.8) is 0 Å². The minimum atomic E-state index is 0.0637. The first kappa shape index (κ1) is 26.1. The first-order chi connectivity index (χ1) is 19.6. The van der Waals surface area contributed by atoms with Gasteiger partial charge >= 0.3 is 0 Å². The molecule has 0 saturated carbocycles. The van der Waals surface area contributed by atoms with Crippen molar-refractivity contribution in [2.45, 2.75) is 64.3 Å². The van der Waals surface area contributed by atoms with Gasteiger partial charge in [0.2, 0.25) is 0 Å². The van der Waals surface area contributed by atoms with Crippen molar-refractivity contribution in [1.29, 1.82) is 0 Å². The predicted molar refractivity (Wildman–Crippen MR) is 172 cm³/mol. The van der Waals surface area contributed by atoms with E-state index in [1.54, 1.807) is 0 Å². The van der Waals surface area contributed by atoms with Gasteiger partial charge in [0.25, 0.3) is 0 Å². The predicted octanol–water partition coefficient (Wildman–Crippen LogP) is 9.17. The maximum atomic E-state index is 10.9. The number of aromatic hydroxyl groups is 1. The van der Waals surface area contributed by atoms with Crippen LogP contribution in [0.1, 0.15) is 67.6 Å². The molecule has 4 aromatic carbocycles. The molecule has 2 heterocycles. The molecule has 1 aromatic heterocycles. The van der Waals surface area contributed by atoms with Crippen LogP contribution in [0, 0.1) is 13.8 Å². The minimum Gasteiger partial charge on any atom is -0.507 e. The topological polar surface area (TPSA) is 50.4 Å². The van der Waals surface area contributed by atoms with Crippen LogP contribution in [0.25, 0.3) is 33.5 Å². The van der Waals surface area contributed by atoms with Gasteiger partial charge in [-0.3, -0.25) is 4.99 Å². The minimum absolute atomic E-state index is 0.0637. The van der Waals surface area contributed by atoms with Crippen LogP contribution in [0.3, 0.4) is 0 Å². The van der Waals surface area contributed by atoms with E-state index in [4.69, 9.17) is 9.98 Å². The Kier molecular flexibility index (Phi) is 5.95. The molecule has 5 heteroatoms. The van der Waals surface area contributed by atoms with Gasteiger partial charge in [-0.2, -0.15) is 0 Å². The van der Waals surface area contributed by atoms with Gasteiger partial charge < -0.3 is 9.67 Å². The highest BCUT2D eigenvalue weighted by Gasteiger charge is 2.50. The number of para-hydroxylation sites is 2. The molecule has 5 aromatic rings. The zero-order chi connectivity index (χ0) is 28.6. The zero-order valence-corrected chi connectivity index (χ0v) is 25.3. The number of phenols is 1. The van der Waals surface area contributed by atoms with E-state index < -0.39 is 0 Å². The molecule has 2 aliphatic rings. The Morgan fingerprint density at radius 1 is 0.878 bits per heavy atom. The van der Waals surface area contributed by atoms with E-state index in [2.05, 4.69) is 99.8 Å². The monoisotopic (exact) mass is 557 g/mol. The average Bonchev–Trinajstić information content (AvgIpc) is 3.62. The summed E-state index contributed by atoms with van der Waals surface area (Å²) in [4.78, 5) is 10.5. The Bertz CT molecular complexity index is 1880. The first-order valence-corrected chi connectivity index (χ1v) is 15.3. The summed E-state index contributed by atoms with van der Waals surface area (Å²) in [7, 11) is 0. The van der Waals surface area contributed by atoms with Gasteiger partial charge in [-0.05, 0) is 68.1 Å². The maximum absolute atomic E-state index is 10.9. The molecule has 0 spiro atoms. The van der Waals surface area contributed by atoms with Crippen molar-refractivity contribution in [2.24, 2.45) is 4.99 Å². The van der Waals surface area contributed by atoms with Crippen molar-refractivity contribution in [1.82, 2.24) is 9.55 Å². The van der Waals surface area contributed by atoms with Gasteiger partial charge in [0.15, 0.2) is 0 Å². The van der Waals surface area contributed by atoms with E-state index >= 15 is 0 Å². The van der Waals surface area contributed by atoms with Crippen molar-refractivity contribution < 1.29 is 5.11 Å². The summed E-state index contributed by atoms with van der Waals surface area (Å²) in [6.45, 7) is 13.2. The number of fused-ring (bicyclic) bond motifs is 4. The van der Waals surface area contributed by atoms with Gasteiger partial charge in [0.05, 0.1) is 27.7 Å². The molecule has 0 bridgehead atoms. The van der Waals surface area contributed by atoms with Crippen LogP contribution in [-0.2, 0) is 5.41 Å². The summed E-state index contributed by atoms with van der Waals surface area (Å²) in [5.74, 6) is 1.08. The van der Waals surface area contributed by atoms with E-state index in [0.29, 0.717) is 5.25 Å². The summed E-state index contributed by atoms with van der Waals surface area (Å²) in [6, 6.07) is 28.2. The third-order valence-electron chi connectivity index (χ3n) is 8.85. The number of thioether (sulfide) groups is 1. The third-order valence-corrected chi connectivity index (χ3v) is 10.5. The number of imidazole rings is 1. The quantitative estimate of drug-likeness (QED) is 0.240. The first-order valence-electron chi connectivity index (χ1n) is 14.4. The number of aromatic nitrogens is 2. The van der Waals surface area contributed by atoms with Gasteiger partial charge in [-0.15, -0.1) is 0 Å². The fourth-order valence-corrected chi connectivity index (χ4v) is 8.15. The largest absolute Gasteiger partial charge is 0.507 e. The lowest BCUT2D eigenvalue weighted by molar-refractivity contribution is 0.472. The summed E-state index contributed by atoms with van der Waals surface area (Å²) in [5, 5.41) is 12.5. The number of hydrogen-bond donors (Lipinski definition) is 1. The second-order valence-corrected chi connectivity index (χ2v) is 13.5. The molecular weight excluding hydrogens is 522 g/mol. The Hall–Kier alpha value is -3.83. The highest BCUT2D eigenvalue weighted by Crippen LogP contribution is 2.56. The van der Waals surface area contributed by atoms with Crippen LogP contribution in [0.4, 0.5) is 0 Å². The molecular formula is C36H35N3OS. The third kappa shape index (κ3) is 3.97.